The second kappa shape index (κ2) is 39.2. The molecule has 24 aromatic rings. The summed E-state index contributed by atoms with van der Waals surface area (Å²) in [5, 5.41) is 42.0. The first-order valence-electron chi connectivity index (χ1n) is 46.7. The summed E-state index contributed by atoms with van der Waals surface area (Å²) in [5.74, 6) is 3.13. The van der Waals surface area contributed by atoms with Crippen molar-refractivity contribution < 1.29 is 19.2 Å². The molecule has 0 saturated heterocycles. The number of nitrogens with one attached hydrogen (secondary N) is 11. The maximum Gasteiger partial charge on any atom is 0.227 e. The molecule has 0 radical (unpaired) electrons. The number of para-hydroxylation sites is 4. The normalized spacial score (nSPS) is 11.9. The van der Waals surface area contributed by atoms with E-state index in [4.69, 9.17) is 19.9 Å². The van der Waals surface area contributed by atoms with Crippen LogP contribution in [-0.2, 0) is 25.6 Å². The molecule has 1 fully saturated rings. The first kappa shape index (κ1) is 89.7. The molecule has 1 aliphatic carbocycles. The second-order valence-corrected chi connectivity index (χ2v) is 35.4. The molecule has 0 spiro atoms. The van der Waals surface area contributed by atoms with Gasteiger partial charge in [0.05, 0.1) is 101 Å². The number of aromatic amines is 8. The highest BCUT2D eigenvalue weighted by Crippen LogP contribution is 2.41. The zero-order chi connectivity index (χ0) is 97.8. The van der Waals surface area contributed by atoms with Gasteiger partial charge in [-0.25, -0.2) is 39.9 Å². The Hall–Kier alpha value is -19.5. The number of fused-ring (bicyclic) bond motifs is 8. The number of hydrogen-bond acceptors (Lipinski definition) is 24. The predicted octanol–water partition coefficient (Wildman–Crippen LogP) is 21.0. The van der Waals surface area contributed by atoms with E-state index in [-0.39, 0.29) is 41.3 Å². The number of rotatable bonds is 22. The molecule has 25 rings (SSSR count). The number of Topliss-reactive ketones (excluding diaryl/α,β-unsaturated/α-hetero) is 1. The molecule has 144 heavy (non-hydrogen) atoms. The lowest BCUT2D eigenvalue weighted by atomic mass is 10.1. The Kier molecular flexibility index (Phi) is 24.4. The summed E-state index contributed by atoms with van der Waals surface area (Å²) in [6, 6.07) is 57.6. The van der Waals surface area contributed by atoms with E-state index in [2.05, 4.69) is 149 Å². The van der Waals surface area contributed by atoms with Crippen LogP contribution in [-0.4, -0.2) is 164 Å². The van der Waals surface area contributed by atoms with E-state index in [9.17, 15) is 19.2 Å². The lowest BCUT2D eigenvalue weighted by molar-refractivity contribution is -0.119. The molecule has 1 aliphatic rings. The summed E-state index contributed by atoms with van der Waals surface area (Å²) in [6.45, 7) is 9.59. The summed E-state index contributed by atoms with van der Waals surface area (Å²) >= 11 is 0. The third kappa shape index (κ3) is 18.9. The Bertz CT molecular complexity index is 8680. The van der Waals surface area contributed by atoms with E-state index >= 15 is 0 Å². The van der Waals surface area contributed by atoms with Crippen molar-refractivity contribution in [3.8, 4) is 135 Å². The molecule has 3 amide bonds. The van der Waals surface area contributed by atoms with Crippen LogP contribution >= 0.6 is 0 Å². The molecular formula is C109H87N31O4. The third-order valence-corrected chi connectivity index (χ3v) is 24.6. The van der Waals surface area contributed by atoms with Gasteiger partial charge in [-0.1, -0.05) is 89.2 Å². The van der Waals surface area contributed by atoms with Gasteiger partial charge in [-0.3, -0.25) is 79.4 Å². The summed E-state index contributed by atoms with van der Waals surface area (Å²) in [6.07, 6.45) is 36.5. The molecule has 0 unspecified atom stereocenters. The number of anilines is 3. The fourth-order valence-electron chi connectivity index (χ4n) is 17.1. The first-order valence-corrected chi connectivity index (χ1v) is 46.7. The Balaban J connectivity index is 0.000000110. The van der Waals surface area contributed by atoms with E-state index in [0.717, 1.165) is 196 Å². The topological polar surface area (TPSA) is 488 Å². The molecular weight excluding hydrogens is 1810 g/mol. The predicted molar refractivity (Wildman–Crippen MR) is 554 cm³/mol. The lowest BCUT2D eigenvalue weighted by Crippen LogP contribution is -2.17. The van der Waals surface area contributed by atoms with Crippen molar-refractivity contribution in [3.63, 3.8) is 0 Å². The van der Waals surface area contributed by atoms with Crippen LogP contribution in [0, 0.1) is 17.8 Å². The summed E-state index contributed by atoms with van der Waals surface area (Å²) in [5.41, 5.74) is 30.5. The number of pyridine rings is 12. The second-order valence-electron chi connectivity index (χ2n) is 35.4. The standard InChI is InChI=1S/C28H24N8O.C27H20N8O.C27H22N8O.C27H21N7O/c1-16(2)10-24(37)32-20-11-18(13-30-15-20)19-12-22-26(35-36-27(22)31-14-19)28-33-23-5-3-4-21(25(23)34-28)17-6-8-29-9-7-17;36-27(16-4-5-16)31-19-10-17(12-29-14-19)18-11-21-24(34-35-25(21)30-13-18)26-32-22-3-1-2-20(23(22)33-26)15-6-8-28-9-7-15;1-15(2)27(36)31-19-10-17(12-29-14-19)18-11-21-24(34-35-25(21)30-13-18)26-32-22-5-3-4-20(23(22)33-26)16-6-8-28-9-7-16;1-2-20(35)13-19-7-6-17(14-29-19)18-12-22-25(33-34-26(22)30-15-18)27-31-23-5-3-4-21(24(23)32-27)16-8-10-28-11-9-16/h3-9,11-16H,10H2,1-2H3,(H,32,37)(H,33,34)(H,31,35,36);1-3,6-14,16H,4-5H2,(H,31,36)(H,32,33)(H,30,34,35);3-15H,1-2H3,(H,31,36)(H,32,33)(H,30,34,35);3-12,14-15H,2,13H2,1H3,(H,31,32)(H,30,33,34). The number of carbonyl (C=O) groups is 4. The molecule has 11 N–H and O–H groups in total. The summed E-state index contributed by atoms with van der Waals surface area (Å²) < 4.78 is 0. The average molecular weight is 1900 g/mol. The number of carbonyl (C=O) groups excluding carboxylic acids is 4. The summed E-state index contributed by atoms with van der Waals surface area (Å²) in [4.78, 5) is 134. The fourth-order valence-corrected chi connectivity index (χ4v) is 17.1. The third-order valence-electron chi connectivity index (χ3n) is 24.6. The van der Waals surface area contributed by atoms with E-state index in [0.29, 0.717) is 82.2 Å². The molecule has 0 aliphatic heterocycles. The van der Waals surface area contributed by atoms with Gasteiger partial charge < -0.3 is 35.9 Å². The minimum absolute atomic E-state index is 0.0318. The van der Waals surface area contributed by atoms with Crippen LogP contribution in [0.5, 0.6) is 0 Å². The molecule has 1 saturated carbocycles. The number of aromatic nitrogens is 28. The molecule has 4 aromatic carbocycles. The summed E-state index contributed by atoms with van der Waals surface area (Å²) in [7, 11) is 0. The van der Waals surface area contributed by atoms with Gasteiger partial charge in [-0.2, -0.15) is 20.4 Å². The van der Waals surface area contributed by atoms with Gasteiger partial charge in [0.25, 0.3) is 0 Å². The molecule has 20 heterocycles. The maximum atomic E-state index is 12.2. The molecule has 0 bridgehead atoms. The number of ketones is 1. The molecule has 35 heteroatoms. The fraction of sp³-hybridized carbons (Fsp3) is 0.119. The Labute approximate surface area is 818 Å². The number of imidazole rings is 4. The van der Waals surface area contributed by atoms with Crippen LogP contribution in [0.15, 0.2) is 294 Å². The number of H-pyrrole nitrogens is 8. The lowest BCUT2D eigenvalue weighted by Gasteiger charge is -2.09. The number of hydrogen-bond donors (Lipinski definition) is 11. The van der Waals surface area contributed by atoms with Crippen LogP contribution in [0.2, 0.25) is 0 Å². The van der Waals surface area contributed by atoms with Gasteiger partial charge in [-0.15, -0.1) is 0 Å². The SMILES string of the molecule is CC(C)C(=O)Nc1cncc(-c2cnc3n[nH]c(-c4nc5c(-c6ccncc6)cccc5[nH]4)c3c2)c1.CC(C)CC(=O)Nc1cncc(-c2cnc3n[nH]c(-c4nc5c(-c6ccncc6)cccc5[nH]4)c3c2)c1.CCC(=O)Cc1ccc(-c2cnc3n[nH]c(-c4nc5c(-c6ccncc6)cccc5[nH]4)c3c2)cn1.O=C(Nc1cncc(-c2cnc3n[nH]c(-c4nc5c(-c6ccncc6)cccc5[nH]4)c3c2)c1)C1CC1. The minimum Gasteiger partial charge on any atom is -0.337 e. The quantitative estimate of drug-likeness (QED) is 0.0300. The van der Waals surface area contributed by atoms with Crippen molar-refractivity contribution in [2.45, 2.75) is 66.7 Å². The number of benzene rings is 4. The maximum absolute atomic E-state index is 12.2. The van der Waals surface area contributed by atoms with Crippen molar-refractivity contribution >= 4 is 129 Å². The Morgan fingerprint density at radius 3 is 0.965 bits per heavy atom. The van der Waals surface area contributed by atoms with E-state index in [1.807, 2.05) is 198 Å². The molecule has 35 nitrogen and oxygen atoms in total. The zero-order valence-electron chi connectivity index (χ0n) is 78.1. The van der Waals surface area contributed by atoms with Crippen LogP contribution in [0.25, 0.3) is 223 Å². The Morgan fingerprint density at radius 1 is 0.333 bits per heavy atom. The van der Waals surface area contributed by atoms with Crippen LogP contribution in [0.3, 0.4) is 0 Å². The van der Waals surface area contributed by atoms with E-state index in [1.54, 1.807) is 118 Å². The van der Waals surface area contributed by atoms with Gasteiger partial charge >= 0.3 is 0 Å². The zero-order valence-corrected chi connectivity index (χ0v) is 78.1. The minimum atomic E-state index is -0.122. The number of amides is 3. The Morgan fingerprint density at radius 2 is 0.653 bits per heavy atom. The highest BCUT2D eigenvalue weighted by molar-refractivity contribution is 6.04. The van der Waals surface area contributed by atoms with Crippen molar-refractivity contribution in [2.75, 3.05) is 16.0 Å². The molecule has 702 valence electrons. The largest absolute Gasteiger partial charge is 0.337 e. The van der Waals surface area contributed by atoms with Gasteiger partial charge in [0, 0.05) is 203 Å². The van der Waals surface area contributed by atoms with Gasteiger partial charge in [0.1, 0.15) is 28.6 Å². The highest BCUT2D eigenvalue weighted by Gasteiger charge is 2.30. The van der Waals surface area contributed by atoms with E-state index in [1.165, 1.54) is 0 Å². The number of nitrogens with zero attached hydrogens (tertiary/aromatic N) is 20. The van der Waals surface area contributed by atoms with Crippen molar-refractivity contribution in [1.82, 2.24) is 140 Å². The van der Waals surface area contributed by atoms with Crippen LogP contribution in [0.1, 0.15) is 66.0 Å². The monoisotopic (exact) mass is 1890 g/mol. The van der Waals surface area contributed by atoms with Crippen molar-refractivity contribution in [3.05, 3.63) is 299 Å². The first-order chi connectivity index (χ1) is 70.5. The van der Waals surface area contributed by atoms with Crippen LogP contribution < -0.4 is 16.0 Å². The van der Waals surface area contributed by atoms with Gasteiger partial charge in [0.15, 0.2) is 45.9 Å². The molecule has 20 aromatic heterocycles. The van der Waals surface area contributed by atoms with Crippen molar-refractivity contribution in [1.29, 1.82) is 0 Å². The smallest absolute Gasteiger partial charge is 0.227 e. The molecule has 0 atom stereocenters. The van der Waals surface area contributed by atoms with E-state index < -0.39 is 0 Å². The van der Waals surface area contributed by atoms with Crippen LogP contribution in [0.4, 0.5) is 17.1 Å². The van der Waals surface area contributed by atoms with Gasteiger partial charge in [-0.05, 0) is 162 Å². The van der Waals surface area contributed by atoms with Gasteiger partial charge in [0.2, 0.25) is 17.7 Å². The average Bonchev–Trinajstić information content (AvgIpc) is 1.63. The highest BCUT2D eigenvalue weighted by atomic mass is 16.2. The van der Waals surface area contributed by atoms with Crippen molar-refractivity contribution in [2.24, 2.45) is 17.8 Å².